The predicted octanol–water partition coefficient (Wildman–Crippen LogP) is 0.711. The summed E-state index contributed by atoms with van der Waals surface area (Å²) in [6.07, 6.45) is 2.59. The van der Waals surface area contributed by atoms with Crippen LogP contribution in [0.15, 0.2) is 11.8 Å². The topological polar surface area (TPSA) is 91.5 Å². The van der Waals surface area contributed by atoms with E-state index in [1.165, 1.54) is 10.8 Å². The van der Waals surface area contributed by atoms with E-state index in [2.05, 4.69) is 10.5 Å². The Kier molecular flexibility index (Phi) is 2.53. The lowest BCUT2D eigenvalue weighted by atomic mass is 10.1. The molecule has 1 N–H and O–H groups in total. The summed E-state index contributed by atoms with van der Waals surface area (Å²) in [6.45, 7) is 0.657. The number of imidazole rings is 1. The summed E-state index contributed by atoms with van der Waals surface area (Å²) in [7, 11) is 1.60. The van der Waals surface area contributed by atoms with Crippen molar-refractivity contribution in [3.63, 3.8) is 0 Å². The molecule has 0 spiro atoms. The molecule has 1 saturated heterocycles. The molecular formula is C10H12N4O4. The maximum atomic E-state index is 10.8. The van der Waals surface area contributed by atoms with Crippen LogP contribution in [0.5, 0.6) is 0 Å². The van der Waals surface area contributed by atoms with Gasteiger partial charge in [0.25, 0.3) is 0 Å². The van der Waals surface area contributed by atoms with E-state index < -0.39 is 11.2 Å². The highest BCUT2D eigenvalue weighted by Crippen LogP contribution is 2.32. The third kappa shape index (κ3) is 1.57. The Morgan fingerprint density at radius 3 is 3.22 bits per heavy atom. The standard InChI is InChI=1S/C10H12N4O4/c1-13-7(14(15)16)5-11-9(13)8-6-3-2-4-17-10(6)18-12-8/h5,10,12H,2-4H2,1H3. The number of fused-ring (bicyclic) bond motifs is 1. The Labute approximate surface area is 102 Å². The van der Waals surface area contributed by atoms with Crippen molar-refractivity contribution >= 4 is 11.5 Å². The molecule has 18 heavy (non-hydrogen) atoms. The number of hydrogen-bond donors (Lipinski definition) is 1. The van der Waals surface area contributed by atoms with Crippen molar-refractivity contribution in [3.8, 4) is 0 Å². The normalized spacial score (nSPS) is 22.8. The maximum Gasteiger partial charge on any atom is 0.342 e. The average molecular weight is 252 g/mol. The Bertz CT molecular complexity index is 536. The molecule has 1 atom stereocenters. The monoisotopic (exact) mass is 252 g/mol. The van der Waals surface area contributed by atoms with Crippen LogP contribution in [0.1, 0.15) is 18.7 Å². The highest BCUT2D eigenvalue weighted by Gasteiger charge is 2.34. The second-order valence-corrected chi connectivity index (χ2v) is 4.18. The van der Waals surface area contributed by atoms with Crippen LogP contribution in [0.4, 0.5) is 5.82 Å². The highest BCUT2D eigenvalue weighted by atomic mass is 16.8. The minimum atomic E-state index is -0.466. The molecule has 0 saturated carbocycles. The molecule has 3 heterocycles. The van der Waals surface area contributed by atoms with Crippen molar-refractivity contribution in [2.45, 2.75) is 19.1 Å². The van der Waals surface area contributed by atoms with Gasteiger partial charge in [-0.3, -0.25) is 5.48 Å². The van der Waals surface area contributed by atoms with Gasteiger partial charge in [-0.2, -0.15) is 0 Å². The lowest BCUT2D eigenvalue weighted by Crippen LogP contribution is -2.22. The molecule has 0 amide bonds. The SMILES string of the molecule is Cn1c([N+](=O)[O-])cnc1C1=C2CCCOC2ON1. The number of hydrogen-bond acceptors (Lipinski definition) is 6. The third-order valence-corrected chi connectivity index (χ3v) is 3.11. The molecule has 0 aromatic carbocycles. The minimum absolute atomic E-state index is 0.0555. The second-order valence-electron chi connectivity index (χ2n) is 4.18. The first-order valence-corrected chi connectivity index (χ1v) is 5.61. The summed E-state index contributed by atoms with van der Waals surface area (Å²) in [6, 6.07) is 0. The number of rotatable bonds is 2. The first-order chi connectivity index (χ1) is 8.68. The van der Waals surface area contributed by atoms with Crippen LogP contribution < -0.4 is 5.48 Å². The molecule has 96 valence electrons. The van der Waals surface area contributed by atoms with Crippen LogP contribution in [0, 0.1) is 10.1 Å². The molecule has 0 aliphatic carbocycles. The van der Waals surface area contributed by atoms with Gasteiger partial charge in [-0.05, 0) is 17.8 Å². The number of nitrogens with zero attached hydrogens (tertiary/aromatic N) is 3. The molecule has 1 unspecified atom stereocenters. The summed E-state index contributed by atoms with van der Waals surface area (Å²) < 4.78 is 6.86. The van der Waals surface area contributed by atoms with E-state index in [4.69, 9.17) is 9.57 Å². The second kappa shape index (κ2) is 4.07. The molecule has 1 aromatic rings. The number of aromatic nitrogens is 2. The molecule has 3 rings (SSSR count). The Morgan fingerprint density at radius 2 is 2.50 bits per heavy atom. The van der Waals surface area contributed by atoms with Crippen molar-refractivity contribution < 1.29 is 14.5 Å². The van der Waals surface area contributed by atoms with Crippen molar-refractivity contribution in [1.82, 2.24) is 15.0 Å². The van der Waals surface area contributed by atoms with Gasteiger partial charge in [-0.15, -0.1) is 0 Å². The minimum Gasteiger partial charge on any atom is -0.358 e. The third-order valence-electron chi connectivity index (χ3n) is 3.11. The van der Waals surface area contributed by atoms with Gasteiger partial charge >= 0.3 is 5.82 Å². The fourth-order valence-electron chi connectivity index (χ4n) is 2.19. The fraction of sp³-hybridized carbons (Fsp3) is 0.500. The van der Waals surface area contributed by atoms with E-state index in [-0.39, 0.29) is 5.82 Å². The summed E-state index contributed by atoms with van der Waals surface area (Å²) in [4.78, 5) is 19.7. The molecule has 0 radical (unpaired) electrons. The van der Waals surface area contributed by atoms with Gasteiger partial charge in [0.2, 0.25) is 12.1 Å². The summed E-state index contributed by atoms with van der Waals surface area (Å²) in [5.41, 5.74) is 4.40. The van der Waals surface area contributed by atoms with Gasteiger partial charge < -0.3 is 14.9 Å². The molecule has 0 bridgehead atoms. The van der Waals surface area contributed by atoms with Gasteiger partial charge in [0, 0.05) is 5.57 Å². The number of nitro groups is 1. The number of ether oxygens (including phenoxy) is 1. The van der Waals surface area contributed by atoms with Gasteiger partial charge in [0.15, 0.2) is 0 Å². The highest BCUT2D eigenvalue weighted by molar-refractivity contribution is 5.64. The first kappa shape index (κ1) is 11.2. The predicted molar refractivity (Wildman–Crippen MR) is 60.0 cm³/mol. The summed E-state index contributed by atoms with van der Waals surface area (Å²) in [5.74, 6) is 0.435. The molecule has 1 fully saturated rings. The van der Waals surface area contributed by atoms with Crippen molar-refractivity contribution in [3.05, 3.63) is 27.7 Å². The van der Waals surface area contributed by atoms with E-state index in [9.17, 15) is 10.1 Å². The zero-order valence-corrected chi connectivity index (χ0v) is 9.75. The van der Waals surface area contributed by atoms with Crippen molar-refractivity contribution in [2.24, 2.45) is 7.05 Å². The van der Waals surface area contributed by atoms with Crippen LogP contribution in [-0.2, 0) is 16.6 Å². The van der Waals surface area contributed by atoms with Crippen LogP contribution in [0.3, 0.4) is 0 Å². The largest absolute Gasteiger partial charge is 0.358 e. The lowest BCUT2D eigenvalue weighted by Gasteiger charge is -2.18. The Morgan fingerprint density at radius 1 is 1.67 bits per heavy atom. The van der Waals surface area contributed by atoms with E-state index >= 15 is 0 Å². The van der Waals surface area contributed by atoms with E-state index in [1.54, 1.807) is 7.05 Å². The first-order valence-electron chi connectivity index (χ1n) is 5.61. The molecule has 8 nitrogen and oxygen atoms in total. The van der Waals surface area contributed by atoms with Gasteiger partial charge in [-0.1, -0.05) is 0 Å². The van der Waals surface area contributed by atoms with Crippen LogP contribution >= 0.6 is 0 Å². The van der Waals surface area contributed by atoms with E-state index in [0.29, 0.717) is 18.1 Å². The molecule has 1 aromatic heterocycles. The average Bonchev–Trinajstić information content (AvgIpc) is 2.92. The molecule has 2 aliphatic heterocycles. The summed E-state index contributed by atoms with van der Waals surface area (Å²) in [5, 5.41) is 10.8. The van der Waals surface area contributed by atoms with Crippen LogP contribution in [0.25, 0.3) is 5.70 Å². The molecular weight excluding hydrogens is 240 g/mol. The molecule has 2 aliphatic rings. The van der Waals surface area contributed by atoms with Crippen molar-refractivity contribution in [2.75, 3.05) is 6.61 Å². The number of hydroxylamine groups is 1. The smallest absolute Gasteiger partial charge is 0.342 e. The van der Waals surface area contributed by atoms with E-state index in [1.807, 2.05) is 0 Å². The zero-order valence-electron chi connectivity index (χ0n) is 9.75. The molecule has 8 heteroatoms. The van der Waals surface area contributed by atoms with E-state index in [0.717, 1.165) is 18.4 Å². The Hall–Kier alpha value is -1.93. The summed E-state index contributed by atoms with van der Waals surface area (Å²) >= 11 is 0. The van der Waals surface area contributed by atoms with Crippen LogP contribution in [0.2, 0.25) is 0 Å². The van der Waals surface area contributed by atoms with Crippen LogP contribution in [-0.4, -0.2) is 27.4 Å². The van der Waals surface area contributed by atoms with Gasteiger partial charge in [-0.25, -0.2) is 14.4 Å². The van der Waals surface area contributed by atoms with Crippen molar-refractivity contribution in [1.29, 1.82) is 0 Å². The zero-order chi connectivity index (χ0) is 12.7. The van der Waals surface area contributed by atoms with Gasteiger partial charge in [0.05, 0.1) is 13.7 Å². The van der Waals surface area contributed by atoms with Gasteiger partial charge in [0.1, 0.15) is 11.9 Å². The lowest BCUT2D eigenvalue weighted by molar-refractivity contribution is -0.391. The maximum absolute atomic E-state index is 10.8. The quantitative estimate of drug-likeness (QED) is 0.615. The fourth-order valence-corrected chi connectivity index (χ4v) is 2.19. The Balaban J connectivity index is 2.02. The number of nitrogens with one attached hydrogen (secondary N) is 1.